The molecule has 1 unspecified atom stereocenters. The quantitative estimate of drug-likeness (QED) is 0.658. The van der Waals surface area contributed by atoms with Gasteiger partial charge < -0.3 is 24.8 Å². The van der Waals surface area contributed by atoms with Crippen LogP contribution in [0.4, 0.5) is 0 Å². The fraction of sp³-hybridized carbons (Fsp3) is 0.727. The third-order valence-corrected chi connectivity index (χ3v) is 5.82. The minimum absolute atomic E-state index is 0.280. The summed E-state index contributed by atoms with van der Waals surface area (Å²) in [6.45, 7) is 6.72. The molecule has 3 rings (SSSR count). The zero-order valence-electron chi connectivity index (χ0n) is 17.0. The van der Waals surface area contributed by atoms with Crippen molar-refractivity contribution in [3.05, 3.63) is 29.8 Å². The molecule has 0 spiro atoms. The lowest BCUT2D eigenvalue weighted by atomic mass is 9.89. The molecule has 1 saturated carbocycles. The highest BCUT2D eigenvalue weighted by Gasteiger charge is 2.32. The van der Waals surface area contributed by atoms with Gasteiger partial charge in [-0.1, -0.05) is 38.3 Å². The maximum atomic E-state index is 10.4. The second kappa shape index (κ2) is 9.87. The van der Waals surface area contributed by atoms with Crippen LogP contribution < -0.4 is 10.1 Å². The maximum absolute atomic E-state index is 10.4. The molecule has 27 heavy (non-hydrogen) atoms. The van der Waals surface area contributed by atoms with Crippen molar-refractivity contribution in [1.29, 1.82) is 0 Å². The van der Waals surface area contributed by atoms with Gasteiger partial charge in [0.25, 0.3) is 0 Å². The number of nitrogens with one attached hydrogen (secondary N) is 1. The number of likely N-dealkylation sites (N-methyl/N-ethyl adjacent to an activating group) is 1. The van der Waals surface area contributed by atoms with Gasteiger partial charge in [0.05, 0.1) is 13.2 Å². The van der Waals surface area contributed by atoms with E-state index in [1.54, 1.807) is 0 Å². The summed E-state index contributed by atoms with van der Waals surface area (Å²) in [4.78, 5) is 2.30. The topological polar surface area (TPSA) is 54.0 Å². The molecule has 2 aliphatic rings. The predicted molar refractivity (Wildman–Crippen MR) is 108 cm³/mol. The summed E-state index contributed by atoms with van der Waals surface area (Å²) in [5.74, 6) is 0.826. The maximum Gasteiger partial charge on any atom is 0.119 e. The lowest BCUT2D eigenvalue weighted by molar-refractivity contribution is -0.0991. The van der Waals surface area contributed by atoms with Crippen molar-refractivity contribution < 1.29 is 14.6 Å². The van der Waals surface area contributed by atoms with Crippen LogP contribution in [0, 0.1) is 5.41 Å². The first-order chi connectivity index (χ1) is 13.0. The van der Waals surface area contributed by atoms with E-state index in [-0.39, 0.29) is 5.41 Å². The lowest BCUT2D eigenvalue weighted by Gasteiger charge is -2.38. The lowest BCUT2D eigenvalue weighted by Crippen LogP contribution is -2.47. The number of benzene rings is 1. The van der Waals surface area contributed by atoms with Gasteiger partial charge in [-0.15, -0.1) is 0 Å². The molecule has 5 nitrogen and oxygen atoms in total. The Balaban J connectivity index is 1.38. The predicted octanol–water partition coefficient (Wildman–Crippen LogP) is 2.82. The van der Waals surface area contributed by atoms with Crippen molar-refractivity contribution in [3.8, 4) is 5.75 Å². The van der Waals surface area contributed by atoms with Gasteiger partial charge in [0.15, 0.2) is 0 Å². The minimum Gasteiger partial charge on any atom is -0.491 e. The van der Waals surface area contributed by atoms with Crippen molar-refractivity contribution >= 4 is 0 Å². The first-order valence-electron chi connectivity index (χ1n) is 10.4. The van der Waals surface area contributed by atoms with Crippen LogP contribution in [0.3, 0.4) is 0 Å². The molecule has 2 fully saturated rings. The largest absolute Gasteiger partial charge is 0.491 e. The normalized spacial score (nSPS) is 21.0. The summed E-state index contributed by atoms with van der Waals surface area (Å²) in [5.41, 5.74) is 1.48. The van der Waals surface area contributed by atoms with Crippen LogP contribution in [0.2, 0.25) is 0 Å². The second-order valence-corrected chi connectivity index (χ2v) is 8.75. The number of ether oxygens (including phenoxy) is 2. The van der Waals surface area contributed by atoms with Gasteiger partial charge in [0.1, 0.15) is 18.5 Å². The average Bonchev–Trinajstić information content (AvgIpc) is 2.66. The van der Waals surface area contributed by atoms with Gasteiger partial charge in [0, 0.05) is 31.1 Å². The Morgan fingerprint density at radius 3 is 2.78 bits per heavy atom. The first kappa shape index (κ1) is 20.6. The van der Waals surface area contributed by atoms with Gasteiger partial charge in [-0.2, -0.15) is 0 Å². The Kier molecular flexibility index (Phi) is 7.53. The van der Waals surface area contributed by atoms with Gasteiger partial charge in [0.2, 0.25) is 0 Å². The molecular weight excluding hydrogens is 340 g/mol. The fourth-order valence-corrected chi connectivity index (χ4v) is 4.05. The second-order valence-electron chi connectivity index (χ2n) is 8.75. The molecule has 0 radical (unpaired) electrons. The third kappa shape index (κ3) is 6.46. The minimum atomic E-state index is -0.461. The molecule has 1 heterocycles. The SMILES string of the molecule is CN(CC(O)COc1cccc(CNCC2(C)COC2)c1)C1CCCCC1. The van der Waals surface area contributed by atoms with Crippen LogP contribution in [-0.4, -0.2) is 62.1 Å². The standard InChI is InChI=1S/C22H36N2O3/c1-22(16-26-17-22)15-23-12-18-7-6-10-21(11-18)27-14-20(25)13-24(2)19-8-4-3-5-9-19/h6-7,10-11,19-20,23,25H,3-5,8-9,12-17H2,1-2H3. The highest BCUT2D eigenvalue weighted by Crippen LogP contribution is 2.25. The van der Waals surface area contributed by atoms with Gasteiger partial charge in [-0.25, -0.2) is 0 Å². The molecule has 1 atom stereocenters. The Morgan fingerprint density at radius 1 is 1.30 bits per heavy atom. The van der Waals surface area contributed by atoms with Gasteiger partial charge >= 0.3 is 0 Å². The van der Waals surface area contributed by atoms with Crippen LogP contribution in [0.25, 0.3) is 0 Å². The van der Waals surface area contributed by atoms with Crippen molar-refractivity contribution in [2.24, 2.45) is 5.41 Å². The van der Waals surface area contributed by atoms with E-state index in [1.165, 1.54) is 37.7 Å². The highest BCUT2D eigenvalue weighted by atomic mass is 16.5. The highest BCUT2D eigenvalue weighted by molar-refractivity contribution is 5.28. The number of aliphatic hydroxyl groups is 1. The fourth-order valence-electron chi connectivity index (χ4n) is 4.05. The molecule has 5 heteroatoms. The number of nitrogens with zero attached hydrogens (tertiary/aromatic N) is 1. The van der Waals surface area contributed by atoms with Crippen LogP contribution in [0.1, 0.15) is 44.6 Å². The molecule has 2 N–H and O–H groups in total. The molecule has 1 saturated heterocycles. The summed E-state index contributed by atoms with van der Waals surface area (Å²) in [7, 11) is 2.12. The van der Waals surface area contributed by atoms with Crippen LogP contribution in [-0.2, 0) is 11.3 Å². The molecule has 1 aliphatic heterocycles. The van der Waals surface area contributed by atoms with Crippen LogP contribution >= 0.6 is 0 Å². The summed E-state index contributed by atoms with van der Waals surface area (Å²) >= 11 is 0. The monoisotopic (exact) mass is 376 g/mol. The summed E-state index contributed by atoms with van der Waals surface area (Å²) < 4.78 is 11.1. The van der Waals surface area contributed by atoms with E-state index in [1.807, 2.05) is 12.1 Å². The van der Waals surface area contributed by atoms with Crippen molar-refractivity contribution in [1.82, 2.24) is 10.2 Å². The number of rotatable bonds is 10. The van der Waals surface area contributed by atoms with E-state index in [0.717, 1.165) is 32.1 Å². The van der Waals surface area contributed by atoms with E-state index in [9.17, 15) is 5.11 Å². The molecule has 0 bridgehead atoms. The molecular formula is C22H36N2O3. The van der Waals surface area contributed by atoms with Gasteiger partial charge in [-0.05, 0) is 37.6 Å². The molecule has 0 amide bonds. The van der Waals surface area contributed by atoms with Crippen LogP contribution in [0.15, 0.2) is 24.3 Å². The smallest absolute Gasteiger partial charge is 0.119 e. The number of aliphatic hydroxyl groups excluding tert-OH is 1. The average molecular weight is 377 g/mol. The van der Waals surface area contributed by atoms with Crippen molar-refractivity contribution in [2.45, 2.75) is 57.7 Å². The Bertz CT molecular complexity index is 570. The zero-order chi connectivity index (χ0) is 19.1. The molecule has 1 aromatic rings. The summed E-state index contributed by atoms with van der Waals surface area (Å²) in [6, 6.07) is 8.76. The Hall–Kier alpha value is -1.14. The molecule has 152 valence electrons. The number of hydrogen-bond acceptors (Lipinski definition) is 5. The van der Waals surface area contributed by atoms with E-state index in [2.05, 4.69) is 36.3 Å². The van der Waals surface area contributed by atoms with E-state index in [4.69, 9.17) is 9.47 Å². The summed E-state index contributed by atoms with van der Waals surface area (Å²) in [6.07, 6.45) is 6.03. The molecule has 1 aliphatic carbocycles. The van der Waals surface area contributed by atoms with Gasteiger partial charge in [-0.3, -0.25) is 0 Å². The number of hydrogen-bond donors (Lipinski definition) is 2. The Morgan fingerprint density at radius 2 is 2.07 bits per heavy atom. The Labute approximate surface area is 164 Å². The van der Waals surface area contributed by atoms with Crippen molar-refractivity contribution in [3.63, 3.8) is 0 Å². The molecule has 0 aromatic heterocycles. The van der Waals surface area contributed by atoms with Crippen molar-refractivity contribution in [2.75, 3.05) is 40.0 Å². The van der Waals surface area contributed by atoms with E-state index < -0.39 is 6.10 Å². The van der Waals surface area contributed by atoms with E-state index in [0.29, 0.717) is 19.2 Å². The summed E-state index contributed by atoms with van der Waals surface area (Å²) in [5, 5.41) is 13.9. The molecule has 1 aromatic carbocycles. The first-order valence-corrected chi connectivity index (χ1v) is 10.4. The van der Waals surface area contributed by atoms with Crippen LogP contribution in [0.5, 0.6) is 5.75 Å². The van der Waals surface area contributed by atoms with E-state index >= 15 is 0 Å². The zero-order valence-corrected chi connectivity index (χ0v) is 17.0. The third-order valence-electron chi connectivity index (χ3n) is 5.82.